The molecule has 4 rings (SSSR count). The first kappa shape index (κ1) is 25.7. The number of carbonyl (C=O) groups is 1. The van der Waals surface area contributed by atoms with Crippen molar-refractivity contribution in [2.75, 3.05) is 30.1 Å². The maximum Gasteiger partial charge on any atom is 0.155 e. The standard InChI is InChI=1S/C16H26N4O2S.C7H7ClFN/c1-20-15(17)13(8-21)14(18-20)10-4-11-6-16(19-22,9-23(2)3)7-12(11)5-10;1-10-5-2-3-7(9)6(8)4-5/h8,10-12,19,22H,2,4-7,9,17H2,1,3H3;2-4,10H,1H3. The van der Waals surface area contributed by atoms with Gasteiger partial charge in [-0.05, 0) is 62.0 Å². The van der Waals surface area contributed by atoms with Crippen molar-refractivity contribution in [3.05, 3.63) is 40.3 Å². The van der Waals surface area contributed by atoms with Gasteiger partial charge in [-0.25, -0.2) is 4.39 Å². The van der Waals surface area contributed by atoms with Gasteiger partial charge in [-0.3, -0.25) is 9.48 Å². The number of halogens is 2. The predicted octanol–water partition coefficient (Wildman–Crippen LogP) is 4.29. The number of hydrogen-bond acceptors (Lipinski definition) is 6. The Morgan fingerprint density at radius 1 is 1.42 bits per heavy atom. The number of nitrogens with two attached hydrogens (primary N) is 1. The number of aryl methyl sites for hydroxylation is 1. The minimum absolute atomic E-state index is 0.0470. The molecular formula is C23H33ClFN5O2S. The summed E-state index contributed by atoms with van der Waals surface area (Å²) in [7, 11) is 3.58. The van der Waals surface area contributed by atoms with E-state index in [1.165, 1.54) is 12.1 Å². The second-order valence-electron chi connectivity index (χ2n) is 9.22. The number of hydroxylamine groups is 1. The van der Waals surface area contributed by atoms with E-state index in [1.54, 1.807) is 24.8 Å². The van der Waals surface area contributed by atoms with Crippen LogP contribution in [-0.4, -0.2) is 51.7 Å². The van der Waals surface area contributed by atoms with E-state index in [4.69, 9.17) is 17.3 Å². The molecule has 3 atom stereocenters. The number of nitrogens with zero attached hydrogens (tertiary/aromatic N) is 2. The van der Waals surface area contributed by atoms with Crippen LogP contribution in [0.2, 0.25) is 5.02 Å². The number of aldehydes is 1. The van der Waals surface area contributed by atoms with Crippen LogP contribution in [0.25, 0.3) is 0 Å². The molecule has 10 heteroatoms. The molecule has 0 spiro atoms. The lowest BCUT2D eigenvalue weighted by Crippen LogP contribution is -2.44. The molecule has 5 N–H and O–H groups in total. The number of aromatic nitrogens is 2. The number of nitrogens with one attached hydrogen (secondary N) is 2. The van der Waals surface area contributed by atoms with E-state index in [0.29, 0.717) is 29.1 Å². The number of carbonyl (C=O) groups excluding carboxylic acids is 1. The summed E-state index contributed by atoms with van der Waals surface area (Å²) in [5.74, 6) is 6.49. The molecule has 2 aromatic rings. The topological polar surface area (TPSA) is 105 Å². The van der Waals surface area contributed by atoms with Crippen molar-refractivity contribution < 1.29 is 14.4 Å². The molecule has 1 aromatic heterocycles. The largest absolute Gasteiger partial charge is 0.388 e. The average Bonchev–Trinajstić information content (AvgIpc) is 3.40. The summed E-state index contributed by atoms with van der Waals surface area (Å²) in [6, 6.07) is 4.49. The lowest BCUT2D eigenvalue weighted by molar-refractivity contribution is 0.0722. The Morgan fingerprint density at radius 2 is 2.06 bits per heavy atom. The summed E-state index contributed by atoms with van der Waals surface area (Å²) in [4.78, 5) is 11.4. The molecule has 2 fully saturated rings. The third-order valence-corrected chi connectivity index (χ3v) is 8.11. The number of fused-ring (bicyclic) bond motifs is 1. The van der Waals surface area contributed by atoms with Crippen LogP contribution >= 0.6 is 22.1 Å². The van der Waals surface area contributed by atoms with Gasteiger partial charge >= 0.3 is 0 Å². The molecular weight excluding hydrogens is 465 g/mol. The van der Waals surface area contributed by atoms with Crippen LogP contribution in [0.1, 0.15) is 47.7 Å². The van der Waals surface area contributed by atoms with E-state index < -0.39 is 0 Å². The van der Waals surface area contributed by atoms with Crippen LogP contribution in [-0.2, 0) is 7.05 Å². The van der Waals surface area contributed by atoms with Gasteiger partial charge in [0.05, 0.1) is 21.8 Å². The molecule has 3 unspecified atom stereocenters. The first-order valence-corrected chi connectivity index (χ1v) is 13.2. The maximum absolute atomic E-state index is 12.5. The fourth-order valence-electron chi connectivity index (χ4n) is 5.38. The molecule has 0 saturated heterocycles. The normalized spacial score (nSPS) is 26.9. The van der Waals surface area contributed by atoms with Gasteiger partial charge in [-0.2, -0.15) is 21.1 Å². The Kier molecular flexibility index (Phi) is 8.21. The zero-order valence-electron chi connectivity index (χ0n) is 19.3. The first-order valence-electron chi connectivity index (χ1n) is 10.9. The second-order valence-corrected chi connectivity index (χ2v) is 11.5. The highest BCUT2D eigenvalue weighted by molar-refractivity contribution is 8.13. The van der Waals surface area contributed by atoms with Crippen LogP contribution in [0, 0.1) is 17.7 Å². The van der Waals surface area contributed by atoms with Crippen LogP contribution < -0.4 is 16.5 Å². The third-order valence-electron chi connectivity index (χ3n) is 6.78. The van der Waals surface area contributed by atoms with Crippen molar-refractivity contribution in [2.24, 2.45) is 18.9 Å². The number of nitrogen functional groups attached to an aromatic ring is 1. The Morgan fingerprint density at radius 3 is 2.55 bits per heavy atom. The predicted molar refractivity (Wildman–Crippen MR) is 135 cm³/mol. The fraction of sp³-hybridized carbons (Fsp3) is 0.522. The van der Waals surface area contributed by atoms with E-state index in [1.807, 2.05) is 0 Å². The molecule has 0 amide bonds. The number of anilines is 2. The molecule has 0 radical (unpaired) electrons. The van der Waals surface area contributed by atoms with Gasteiger partial charge in [0.1, 0.15) is 11.6 Å². The fourth-order valence-corrected chi connectivity index (χ4v) is 6.81. The minimum Gasteiger partial charge on any atom is -0.388 e. The molecule has 33 heavy (non-hydrogen) atoms. The molecule has 1 heterocycles. The van der Waals surface area contributed by atoms with Crippen LogP contribution in [0.4, 0.5) is 15.9 Å². The molecule has 0 aliphatic heterocycles. The Bertz CT molecular complexity index is 1020. The smallest absolute Gasteiger partial charge is 0.155 e. The Labute approximate surface area is 201 Å². The zero-order valence-corrected chi connectivity index (χ0v) is 20.8. The van der Waals surface area contributed by atoms with Crippen molar-refractivity contribution in [2.45, 2.75) is 37.1 Å². The Balaban J connectivity index is 0.000000257. The maximum atomic E-state index is 12.5. The SMILES string of the molecule is C=S(C)CC1(NO)CC2CC(c3nn(C)c(N)c3C=O)CC2C1.CNc1ccc(F)c(Cl)c1. The summed E-state index contributed by atoms with van der Waals surface area (Å²) < 4.78 is 14.1. The molecule has 2 aliphatic carbocycles. The van der Waals surface area contributed by atoms with E-state index in [0.717, 1.165) is 49.1 Å². The van der Waals surface area contributed by atoms with E-state index in [-0.39, 0.29) is 26.9 Å². The number of benzene rings is 1. The van der Waals surface area contributed by atoms with Gasteiger partial charge < -0.3 is 16.3 Å². The molecule has 182 valence electrons. The second kappa shape index (κ2) is 10.5. The summed E-state index contributed by atoms with van der Waals surface area (Å²) in [6.45, 7) is 0. The van der Waals surface area contributed by atoms with E-state index in [9.17, 15) is 14.4 Å². The summed E-state index contributed by atoms with van der Waals surface area (Å²) in [6.07, 6.45) is 6.91. The van der Waals surface area contributed by atoms with E-state index >= 15 is 0 Å². The molecule has 7 nitrogen and oxygen atoms in total. The van der Waals surface area contributed by atoms with Gasteiger partial charge in [-0.15, -0.1) is 0 Å². The number of hydrogen-bond donors (Lipinski definition) is 4. The molecule has 0 bridgehead atoms. The van der Waals surface area contributed by atoms with Crippen molar-refractivity contribution in [3.8, 4) is 0 Å². The summed E-state index contributed by atoms with van der Waals surface area (Å²) >= 11 is 5.48. The lowest BCUT2D eigenvalue weighted by atomic mass is 9.91. The summed E-state index contributed by atoms with van der Waals surface area (Å²) in [5, 5.41) is 17.1. The van der Waals surface area contributed by atoms with E-state index in [2.05, 4.69) is 28.0 Å². The minimum atomic E-state index is -0.388. The Hall–Kier alpha value is -1.94. The highest BCUT2D eigenvalue weighted by atomic mass is 35.5. The average molecular weight is 498 g/mol. The van der Waals surface area contributed by atoms with Crippen molar-refractivity contribution in [1.29, 1.82) is 0 Å². The van der Waals surface area contributed by atoms with Crippen LogP contribution in [0.3, 0.4) is 0 Å². The molecule has 1 aromatic carbocycles. The van der Waals surface area contributed by atoms with Gasteiger partial charge in [0, 0.05) is 31.5 Å². The molecule has 2 aliphatic rings. The quantitative estimate of drug-likeness (QED) is 0.269. The van der Waals surface area contributed by atoms with Gasteiger partial charge in [0.15, 0.2) is 6.29 Å². The van der Waals surface area contributed by atoms with Gasteiger partial charge in [0.2, 0.25) is 0 Å². The summed E-state index contributed by atoms with van der Waals surface area (Å²) in [5.41, 5.74) is 10.6. The third kappa shape index (κ3) is 5.59. The van der Waals surface area contributed by atoms with Crippen LogP contribution in [0.15, 0.2) is 18.2 Å². The highest BCUT2D eigenvalue weighted by Crippen LogP contribution is 2.54. The van der Waals surface area contributed by atoms with Crippen LogP contribution in [0.5, 0.6) is 0 Å². The number of rotatable bonds is 6. The van der Waals surface area contributed by atoms with Gasteiger partial charge in [0.25, 0.3) is 0 Å². The monoisotopic (exact) mass is 497 g/mol. The van der Waals surface area contributed by atoms with Crippen molar-refractivity contribution >= 4 is 45.7 Å². The zero-order chi connectivity index (χ0) is 24.3. The van der Waals surface area contributed by atoms with Gasteiger partial charge in [-0.1, -0.05) is 17.5 Å². The lowest BCUT2D eigenvalue weighted by Gasteiger charge is -2.29. The molecule has 2 saturated carbocycles. The first-order chi connectivity index (χ1) is 15.6. The van der Waals surface area contributed by atoms with Crippen molar-refractivity contribution in [3.63, 3.8) is 0 Å². The highest BCUT2D eigenvalue weighted by Gasteiger charge is 2.50. The van der Waals surface area contributed by atoms with Crippen molar-refractivity contribution in [1.82, 2.24) is 15.3 Å².